The Balaban J connectivity index is 1.50. The van der Waals surface area contributed by atoms with Crippen molar-refractivity contribution in [1.82, 2.24) is 25.4 Å². The summed E-state index contributed by atoms with van der Waals surface area (Å²) >= 11 is 0. The molecule has 1 aliphatic carbocycles. The highest BCUT2D eigenvalue weighted by molar-refractivity contribution is 5.80. The van der Waals surface area contributed by atoms with Gasteiger partial charge in [0.25, 0.3) is 0 Å². The van der Waals surface area contributed by atoms with Crippen LogP contribution in [0.5, 0.6) is 0 Å². The number of pyridine rings is 1. The van der Waals surface area contributed by atoms with E-state index in [0.717, 1.165) is 58.2 Å². The summed E-state index contributed by atoms with van der Waals surface area (Å²) in [6, 6.07) is 4.49. The summed E-state index contributed by atoms with van der Waals surface area (Å²) in [5, 5.41) is 6.46. The van der Waals surface area contributed by atoms with E-state index in [9.17, 15) is 9.59 Å². The third-order valence-electron chi connectivity index (χ3n) is 7.41. The van der Waals surface area contributed by atoms with Gasteiger partial charge in [0, 0.05) is 50.7 Å². The predicted octanol–water partition coefficient (Wildman–Crippen LogP) is 3.31. The smallest absolute Gasteiger partial charge is 0.317 e. The van der Waals surface area contributed by atoms with Gasteiger partial charge in [-0.15, -0.1) is 0 Å². The van der Waals surface area contributed by atoms with Gasteiger partial charge in [-0.3, -0.25) is 14.7 Å². The SMILES string of the molecule is O=C1NCCCCCCN(Cc2ccncc2)C2CN(C(=O)NC3CCCCC3)CCC12. The lowest BCUT2D eigenvalue weighted by Crippen LogP contribution is -2.59. The van der Waals surface area contributed by atoms with E-state index in [4.69, 9.17) is 0 Å². The number of carbonyl (C=O) groups excluding carboxylic acids is 2. The molecule has 3 fully saturated rings. The average molecular weight is 442 g/mol. The number of nitrogens with one attached hydrogen (secondary N) is 2. The van der Waals surface area contributed by atoms with E-state index < -0.39 is 0 Å². The Morgan fingerprint density at radius 1 is 1.00 bits per heavy atom. The second kappa shape index (κ2) is 11.6. The number of nitrogens with zero attached hydrogens (tertiary/aromatic N) is 3. The molecule has 2 aliphatic heterocycles. The maximum Gasteiger partial charge on any atom is 0.317 e. The van der Waals surface area contributed by atoms with Gasteiger partial charge in [0.05, 0.1) is 5.92 Å². The molecule has 4 rings (SSSR count). The fraction of sp³-hybridized carbons (Fsp3) is 0.720. The van der Waals surface area contributed by atoms with Crippen LogP contribution in [0.1, 0.15) is 69.8 Å². The van der Waals surface area contributed by atoms with Crippen molar-refractivity contribution >= 4 is 11.9 Å². The summed E-state index contributed by atoms with van der Waals surface area (Å²) in [5.41, 5.74) is 1.21. The van der Waals surface area contributed by atoms with Crippen LogP contribution in [0.2, 0.25) is 0 Å². The highest BCUT2D eigenvalue weighted by Crippen LogP contribution is 2.26. The quantitative estimate of drug-likeness (QED) is 0.754. The maximum atomic E-state index is 13.1. The molecular formula is C25H39N5O2. The molecule has 7 nitrogen and oxygen atoms in total. The standard InChI is InChI=1S/C25H39N5O2/c31-24-22-12-17-30(25(32)28-21-8-4-3-5-9-21)19-23(22)29(16-7-2-1-6-13-27-24)18-20-10-14-26-15-11-20/h10-11,14-15,21-23H,1-9,12-13,16-19H2,(H,27,31)(H,28,32). The molecule has 1 saturated carbocycles. The van der Waals surface area contributed by atoms with Crippen molar-refractivity contribution in [2.45, 2.75) is 82.8 Å². The fourth-order valence-corrected chi connectivity index (χ4v) is 5.53. The van der Waals surface area contributed by atoms with Gasteiger partial charge in [-0.1, -0.05) is 32.1 Å². The highest BCUT2D eigenvalue weighted by Gasteiger charge is 2.39. The first-order valence-corrected chi connectivity index (χ1v) is 12.7. The van der Waals surface area contributed by atoms with Crippen LogP contribution in [0, 0.1) is 5.92 Å². The molecule has 0 aromatic carbocycles. The van der Waals surface area contributed by atoms with Crippen LogP contribution in [0.3, 0.4) is 0 Å². The van der Waals surface area contributed by atoms with E-state index in [0.29, 0.717) is 19.1 Å². The topological polar surface area (TPSA) is 77.6 Å². The van der Waals surface area contributed by atoms with Crippen LogP contribution in [0.15, 0.2) is 24.5 Å². The minimum Gasteiger partial charge on any atom is -0.356 e. The Hall–Kier alpha value is -2.15. The lowest BCUT2D eigenvalue weighted by atomic mass is 9.88. The summed E-state index contributed by atoms with van der Waals surface area (Å²) in [6.07, 6.45) is 14.7. The Kier molecular flexibility index (Phi) is 8.37. The molecule has 3 heterocycles. The molecule has 176 valence electrons. The van der Waals surface area contributed by atoms with Crippen molar-refractivity contribution in [3.05, 3.63) is 30.1 Å². The molecule has 32 heavy (non-hydrogen) atoms. The van der Waals surface area contributed by atoms with Crippen molar-refractivity contribution in [3.63, 3.8) is 0 Å². The number of carbonyl (C=O) groups is 2. The van der Waals surface area contributed by atoms with Gasteiger partial charge in [-0.2, -0.15) is 0 Å². The largest absolute Gasteiger partial charge is 0.356 e. The second-order valence-corrected chi connectivity index (χ2v) is 9.72. The molecule has 2 N–H and O–H groups in total. The van der Waals surface area contributed by atoms with Crippen LogP contribution >= 0.6 is 0 Å². The monoisotopic (exact) mass is 441 g/mol. The fourth-order valence-electron chi connectivity index (χ4n) is 5.53. The van der Waals surface area contributed by atoms with Crippen LogP contribution in [0.4, 0.5) is 4.79 Å². The molecule has 2 unspecified atom stereocenters. The summed E-state index contributed by atoms with van der Waals surface area (Å²) in [5.74, 6) is 0.0811. The van der Waals surface area contributed by atoms with Crippen LogP contribution < -0.4 is 10.6 Å². The van der Waals surface area contributed by atoms with E-state index in [2.05, 4.69) is 32.7 Å². The Morgan fingerprint density at radius 3 is 2.56 bits per heavy atom. The molecule has 1 aromatic rings. The zero-order valence-corrected chi connectivity index (χ0v) is 19.3. The number of piperidine rings is 1. The highest BCUT2D eigenvalue weighted by atomic mass is 16.2. The molecule has 2 saturated heterocycles. The number of urea groups is 1. The maximum absolute atomic E-state index is 13.1. The minimum absolute atomic E-state index is 0.0344. The third kappa shape index (κ3) is 6.21. The first-order chi connectivity index (χ1) is 15.7. The molecule has 7 heteroatoms. The van der Waals surface area contributed by atoms with Crippen LogP contribution in [-0.2, 0) is 11.3 Å². The minimum atomic E-state index is -0.0753. The Labute approximate surface area is 192 Å². The number of likely N-dealkylation sites (tertiary alicyclic amines) is 1. The lowest BCUT2D eigenvalue weighted by molar-refractivity contribution is -0.129. The zero-order chi connectivity index (χ0) is 22.2. The molecule has 1 aromatic heterocycles. The van der Waals surface area contributed by atoms with Gasteiger partial charge >= 0.3 is 6.03 Å². The number of hydrogen-bond acceptors (Lipinski definition) is 4. The Bertz CT molecular complexity index is 737. The first kappa shape index (κ1) is 23.0. The van der Waals surface area contributed by atoms with Gasteiger partial charge in [0.15, 0.2) is 0 Å². The molecular weight excluding hydrogens is 402 g/mol. The van der Waals surface area contributed by atoms with Gasteiger partial charge in [-0.25, -0.2) is 4.79 Å². The zero-order valence-electron chi connectivity index (χ0n) is 19.3. The number of amides is 3. The number of fused-ring (bicyclic) bond motifs is 1. The predicted molar refractivity (Wildman–Crippen MR) is 125 cm³/mol. The van der Waals surface area contributed by atoms with E-state index in [1.165, 1.54) is 31.2 Å². The van der Waals surface area contributed by atoms with Gasteiger partial charge in [-0.05, 0) is 56.3 Å². The third-order valence-corrected chi connectivity index (χ3v) is 7.41. The van der Waals surface area contributed by atoms with Crippen molar-refractivity contribution in [1.29, 1.82) is 0 Å². The molecule has 3 aliphatic rings. The number of rotatable bonds is 3. The average Bonchev–Trinajstić information content (AvgIpc) is 2.86. The number of hydrogen-bond donors (Lipinski definition) is 2. The summed E-state index contributed by atoms with van der Waals surface area (Å²) in [4.78, 5) is 34.8. The Morgan fingerprint density at radius 2 is 1.75 bits per heavy atom. The van der Waals surface area contributed by atoms with Gasteiger partial charge in [0.1, 0.15) is 0 Å². The van der Waals surface area contributed by atoms with E-state index in [1.54, 1.807) is 0 Å². The molecule has 0 bridgehead atoms. The molecule has 0 radical (unpaired) electrons. The second-order valence-electron chi connectivity index (χ2n) is 9.72. The van der Waals surface area contributed by atoms with E-state index >= 15 is 0 Å². The number of aromatic nitrogens is 1. The normalized spacial score (nSPS) is 26.5. The van der Waals surface area contributed by atoms with E-state index in [-0.39, 0.29) is 23.9 Å². The first-order valence-electron chi connectivity index (χ1n) is 12.7. The van der Waals surface area contributed by atoms with E-state index in [1.807, 2.05) is 17.3 Å². The molecule has 2 atom stereocenters. The summed E-state index contributed by atoms with van der Waals surface area (Å²) in [7, 11) is 0. The summed E-state index contributed by atoms with van der Waals surface area (Å²) in [6.45, 7) is 3.76. The molecule has 0 spiro atoms. The van der Waals surface area contributed by atoms with Crippen LogP contribution in [0.25, 0.3) is 0 Å². The molecule has 3 amide bonds. The van der Waals surface area contributed by atoms with Crippen LogP contribution in [-0.4, -0.2) is 65.0 Å². The van der Waals surface area contributed by atoms with Gasteiger partial charge < -0.3 is 15.5 Å². The van der Waals surface area contributed by atoms with Crippen molar-refractivity contribution in [2.24, 2.45) is 5.92 Å². The van der Waals surface area contributed by atoms with Crippen molar-refractivity contribution in [3.8, 4) is 0 Å². The van der Waals surface area contributed by atoms with Gasteiger partial charge in [0.2, 0.25) is 5.91 Å². The summed E-state index contributed by atoms with van der Waals surface area (Å²) < 4.78 is 0. The van der Waals surface area contributed by atoms with Crippen molar-refractivity contribution in [2.75, 3.05) is 26.2 Å². The lowest BCUT2D eigenvalue weighted by Gasteiger charge is -2.44. The van der Waals surface area contributed by atoms with Crippen molar-refractivity contribution < 1.29 is 9.59 Å².